The van der Waals surface area contributed by atoms with Crippen LogP contribution >= 0.6 is 0 Å². The van der Waals surface area contributed by atoms with E-state index in [2.05, 4.69) is 0 Å². The molecular formula is C16H16O3. The van der Waals surface area contributed by atoms with Crippen molar-refractivity contribution in [2.75, 3.05) is 7.11 Å². The van der Waals surface area contributed by atoms with Crippen molar-refractivity contribution in [2.45, 2.75) is 13.8 Å². The molecule has 0 fully saturated rings. The highest BCUT2D eigenvalue weighted by Crippen LogP contribution is 2.27. The summed E-state index contributed by atoms with van der Waals surface area (Å²) in [7, 11) is 1.55. The lowest BCUT2D eigenvalue weighted by Gasteiger charge is -2.10. The summed E-state index contributed by atoms with van der Waals surface area (Å²) in [5.74, 6) is 0.600. The van der Waals surface area contributed by atoms with Gasteiger partial charge in [0.1, 0.15) is 0 Å². The fourth-order valence-corrected chi connectivity index (χ4v) is 1.81. The second-order valence-electron chi connectivity index (χ2n) is 4.36. The molecule has 0 radical (unpaired) electrons. The van der Waals surface area contributed by atoms with E-state index >= 15 is 0 Å². The van der Waals surface area contributed by atoms with Gasteiger partial charge in [-0.15, -0.1) is 0 Å². The van der Waals surface area contributed by atoms with Crippen LogP contribution in [-0.2, 0) is 0 Å². The van der Waals surface area contributed by atoms with E-state index < -0.39 is 0 Å². The van der Waals surface area contributed by atoms with Gasteiger partial charge in [0, 0.05) is 0 Å². The largest absolute Gasteiger partial charge is 0.493 e. The van der Waals surface area contributed by atoms with Crippen LogP contribution in [0.1, 0.15) is 21.5 Å². The van der Waals surface area contributed by atoms with Crippen LogP contribution in [0, 0.1) is 13.8 Å². The van der Waals surface area contributed by atoms with Gasteiger partial charge in [-0.2, -0.15) is 0 Å². The van der Waals surface area contributed by atoms with Gasteiger partial charge in [-0.05, 0) is 37.6 Å². The molecule has 2 aromatic carbocycles. The molecule has 0 spiro atoms. The van der Waals surface area contributed by atoms with Crippen molar-refractivity contribution in [1.82, 2.24) is 0 Å². The Kier molecular flexibility index (Phi) is 3.85. The SMILES string of the molecule is COc1ccccc1OC(=O)c1cc(C)ccc1C. The van der Waals surface area contributed by atoms with E-state index in [0.717, 1.165) is 11.1 Å². The third kappa shape index (κ3) is 2.94. The van der Waals surface area contributed by atoms with Crippen LogP contribution in [0.25, 0.3) is 0 Å². The maximum atomic E-state index is 12.2. The first-order chi connectivity index (χ1) is 9.11. The smallest absolute Gasteiger partial charge is 0.343 e. The third-order valence-corrected chi connectivity index (χ3v) is 2.88. The molecule has 3 nitrogen and oxygen atoms in total. The maximum absolute atomic E-state index is 12.2. The van der Waals surface area contributed by atoms with Crippen LogP contribution in [0.5, 0.6) is 11.5 Å². The van der Waals surface area contributed by atoms with Gasteiger partial charge >= 0.3 is 5.97 Å². The molecule has 0 bridgehead atoms. The molecule has 0 heterocycles. The lowest BCUT2D eigenvalue weighted by molar-refractivity contribution is 0.0729. The molecule has 0 unspecified atom stereocenters. The fourth-order valence-electron chi connectivity index (χ4n) is 1.81. The second kappa shape index (κ2) is 5.57. The van der Waals surface area contributed by atoms with E-state index in [-0.39, 0.29) is 5.97 Å². The Bertz CT molecular complexity index is 603. The molecule has 2 aromatic rings. The Morgan fingerprint density at radius 3 is 2.37 bits per heavy atom. The minimum Gasteiger partial charge on any atom is -0.493 e. The highest BCUT2D eigenvalue weighted by molar-refractivity contribution is 5.93. The van der Waals surface area contributed by atoms with Gasteiger partial charge in [0.2, 0.25) is 0 Å². The summed E-state index contributed by atoms with van der Waals surface area (Å²) in [6.07, 6.45) is 0. The number of methoxy groups -OCH3 is 1. The summed E-state index contributed by atoms with van der Waals surface area (Å²) in [5, 5.41) is 0. The average Bonchev–Trinajstić information content (AvgIpc) is 2.42. The van der Waals surface area contributed by atoms with Crippen molar-refractivity contribution >= 4 is 5.97 Å². The molecule has 0 aliphatic rings. The second-order valence-corrected chi connectivity index (χ2v) is 4.36. The number of ether oxygens (including phenoxy) is 2. The van der Waals surface area contributed by atoms with Crippen molar-refractivity contribution in [2.24, 2.45) is 0 Å². The number of rotatable bonds is 3. The molecule has 0 aliphatic heterocycles. The van der Waals surface area contributed by atoms with Crippen molar-refractivity contribution in [3.8, 4) is 11.5 Å². The van der Waals surface area contributed by atoms with E-state index in [4.69, 9.17) is 9.47 Å². The topological polar surface area (TPSA) is 35.5 Å². The van der Waals surface area contributed by atoms with Crippen molar-refractivity contribution in [3.63, 3.8) is 0 Å². The Morgan fingerprint density at radius 1 is 1.00 bits per heavy atom. The van der Waals surface area contributed by atoms with Crippen LogP contribution < -0.4 is 9.47 Å². The zero-order chi connectivity index (χ0) is 13.8. The number of para-hydroxylation sites is 2. The standard InChI is InChI=1S/C16H16O3/c1-11-8-9-12(2)13(10-11)16(17)19-15-7-5-4-6-14(15)18-3/h4-10H,1-3H3. The number of esters is 1. The molecule has 98 valence electrons. The van der Waals surface area contributed by atoms with Crippen LogP contribution in [0.15, 0.2) is 42.5 Å². The molecule has 0 saturated carbocycles. The Labute approximate surface area is 112 Å². The summed E-state index contributed by atoms with van der Waals surface area (Å²) in [6.45, 7) is 3.83. The van der Waals surface area contributed by atoms with Gasteiger partial charge in [-0.25, -0.2) is 4.79 Å². The monoisotopic (exact) mass is 256 g/mol. The van der Waals surface area contributed by atoms with E-state index in [1.54, 1.807) is 25.3 Å². The van der Waals surface area contributed by atoms with Crippen molar-refractivity contribution in [3.05, 3.63) is 59.2 Å². The zero-order valence-electron chi connectivity index (χ0n) is 11.3. The number of carbonyl (C=O) groups excluding carboxylic acids is 1. The normalized spacial score (nSPS) is 10.1. The molecule has 0 aromatic heterocycles. The highest BCUT2D eigenvalue weighted by atomic mass is 16.6. The van der Waals surface area contributed by atoms with Gasteiger partial charge in [-0.3, -0.25) is 0 Å². The van der Waals surface area contributed by atoms with Gasteiger partial charge in [0.05, 0.1) is 12.7 Å². The summed E-state index contributed by atoms with van der Waals surface area (Å²) < 4.78 is 10.6. The van der Waals surface area contributed by atoms with E-state index in [1.807, 2.05) is 38.1 Å². The van der Waals surface area contributed by atoms with Gasteiger partial charge in [-0.1, -0.05) is 29.8 Å². The van der Waals surface area contributed by atoms with E-state index in [9.17, 15) is 4.79 Å². The van der Waals surface area contributed by atoms with Crippen molar-refractivity contribution < 1.29 is 14.3 Å². The first-order valence-electron chi connectivity index (χ1n) is 6.04. The van der Waals surface area contributed by atoms with Crippen LogP contribution in [0.3, 0.4) is 0 Å². The lowest BCUT2D eigenvalue weighted by Crippen LogP contribution is -2.11. The average molecular weight is 256 g/mol. The fraction of sp³-hybridized carbons (Fsp3) is 0.188. The quantitative estimate of drug-likeness (QED) is 0.622. The van der Waals surface area contributed by atoms with Gasteiger partial charge in [0.15, 0.2) is 11.5 Å². The zero-order valence-corrected chi connectivity index (χ0v) is 11.3. The molecule has 0 saturated heterocycles. The Morgan fingerprint density at radius 2 is 1.68 bits per heavy atom. The lowest BCUT2D eigenvalue weighted by atomic mass is 10.1. The molecular weight excluding hydrogens is 240 g/mol. The molecule has 0 N–H and O–H groups in total. The Hall–Kier alpha value is -2.29. The number of aryl methyl sites for hydroxylation is 2. The van der Waals surface area contributed by atoms with Crippen molar-refractivity contribution in [1.29, 1.82) is 0 Å². The summed E-state index contributed by atoms with van der Waals surface area (Å²) in [4.78, 5) is 12.2. The molecule has 0 atom stereocenters. The first kappa shape index (κ1) is 13.1. The van der Waals surface area contributed by atoms with Crippen LogP contribution in [0.4, 0.5) is 0 Å². The van der Waals surface area contributed by atoms with Gasteiger partial charge in [0.25, 0.3) is 0 Å². The molecule has 3 heteroatoms. The molecule has 0 amide bonds. The summed E-state index contributed by atoms with van der Waals surface area (Å²) in [6, 6.07) is 12.8. The summed E-state index contributed by atoms with van der Waals surface area (Å²) in [5.41, 5.74) is 2.49. The minimum absolute atomic E-state index is 0.370. The van der Waals surface area contributed by atoms with E-state index in [1.165, 1.54) is 0 Å². The van der Waals surface area contributed by atoms with Crippen LogP contribution in [-0.4, -0.2) is 13.1 Å². The first-order valence-corrected chi connectivity index (χ1v) is 6.04. The third-order valence-electron chi connectivity index (χ3n) is 2.88. The van der Waals surface area contributed by atoms with E-state index in [0.29, 0.717) is 17.1 Å². The molecule has 0 aliphatic carbocycles. The predicted molar refractivity (Wildman–Crippen MR) is 73.9 cm³/mol. The van der Waals surface area contributed by atoms with Gasteiger partial charge < -0.3 is 9.47 Å². The molecule has 2 rings (SSSR count). The Balaban J connectivity index is 2.28. The minimum atomic E-state index is -0.370. The van der Waals surface area contributed by atoms with Crippen LogP contribution in [0.2, 0.25) is 0 Å². The number of hydrogen-bond donors (Lipinski definition) is 0. The molecule has 19 heavy (non-hydrogen) atoms. The predicted octanol–water partition coefficient (Wildman–Crippen LogP) is 3.53. The highest BCUT2D eigenvalue weighted by Gasteiger charge is 2.14. The number of benzene rings is 2. The summed E-state index contributed by atoms with van der Waals surface area (Å²) >= 11 is 0. The number of hydrogen-bond acceptors (Lipinski definition) is 3. The number of carbonyl (C=O) groups is 1. The maximum Gasteiger partial charge on any atom is 0.343 e.